The van der Waals surface area contributed by atoms with Crippen molar-refractivity contribution >= 4 is 37.5 Å². The number of hydrogen-bond acceptors (Lipinski definition) is 5. The number of carbonyl (C=O) groups excluding carboxylic acids is 1. The van der Waals surface area contributed by atoms with Crippen LogP contribution in [-0.2, 0) is 27.9 Å². The number of nitrogens with zero attached hydrogens (tertiary/aromatic N) is 2. The zero-order valence-electron chi connectivity index (χ0n) is 18.1. The molecule has 1 amide bonds. The minimum Gasteiger partial charge on any atom is -0.352 e. The Labute approximate surface area is 195 Å². The summed E-state index contributed by atoms with van der Waals surface area (Å²) in [5, 5.41) is 2.76. The molecule has 1 fully saturated rings. The Hall–Kier alpha value is -2.56. The highest BCUT2D eigenvalue weighted by Crippen LogP contribution is 2.25. The van der Waals surface area contributed by atoms with Gasteiger partial charge in [-0.3, -0.25) is 14.2 Å². The molecule has 1 aliphatic rings. The molecule has 0 bridgehead atoms. The van der Waals surface area contributed by atoms with Crippen molar-refractivity contribution in [2.45, 2.75) is 50.1 Å². The molecule has 1 aromatic heterocycles. The van der Waals surface area contributed by atoms with E-state index in [9.17, 15) is 22.4 Å². The standard InChI is InChI=1S/C23H26FN3O4S2/c24-18-7-5-17(6-8-18)16-25-22(28)11-14-27-20-10-9-19(15-21(20)32-23(27)29)33(30,31)26-12-3-1-2-4-13-26/h5-10,15H,1-4,11-14,16H2,(H,25,28). The first-order valence-corrected chi connectivity index (χ1v) is 13.2. The van der Waals surface area contributed by atoms with Crippen molar-refractivity contribution in [2.75, 3.05) is 13.1 Å². The van der Waals surface area contributed by atoms with Crippen LogP contribution in [0.5, 0.6) is 0 Å². The van der Waals surface area contributed by atoms with E-state index in [0.717, 1.165) is 42.6 Å². The summed E-state index contributed by atoms with van der Waals surface area (Å²) in [5.41, 5.74) is 1.40. The number of aryl methyl sites for hydroxylation is 1. The van der Waals surface area contributed by atoms with Gasteiger partial charge in [0.2, 0.25) is 15.9 Å². The van der Waals surface area contributed by atoms with Gasteiger partial charge < -0.3 is 5.32 Å². The fourth-order valence-electron chi connectivity index (χ4n) is 3.95. The van der Waals surface area contributed by atoms with E-state index >= 15 is 0 Å². The molecule has 1 N–H and O–H groups in total. The Morgan fingerprint density at radius 1 is 1.03 bits per heavy atom. The largest absolute Gasteiger partial charge is 0.352 e. The quantitative estimate of drug-likeness (QED) is 0.548. The van der Waals surface area contributed by atoms with Gasteiger partial charge in [-0.15, -0.1) is 0 Å². The Bertz CT molecular complexity index is 1290. The highest BCUT2D eigenvalue weighted by molar-refractivity contribution is 7.89. The summed E-state index contributed by atoms with van der Waals surface area (Å²) in [5.74, 6) is -0.567. The van der Waals surface area contributed by atoms with Gasteiger partial charge >= 0.3 is 4.87 Å². The SMILES string of the molecule is O=C(CCn1c(=O)sc2cc(S(=O)(=O)N3CCCCCC3)ccc21)NCc1ccc(F)cc1. The van der Waals surface area contributed by atoms with Crippen molar-refractivity contribution in [3.8, 4) is 0 Å². The number of nitrogens with one attached hydrogen (secondary N) is 1. The number of fused-ring (bicyclic) bond motifs is 1. The molecule has 0 saturated carbocycles. The number of carbonyl (C=O) groups is 1. The van der Waals surface area contributed by atoms with Crippen LogP contribution >= 0.6 is 11.3 Å². The summed E-state index contributed by atoms with van der Waals surface area (Å²) >= 11 is 0.980. The van der Waals surface area contributed by atoms with Crippen molar-refractivity contribution in [3.63, 3.8) is 0 Å². The average Bonchev–Trinajstić information content (AvgIpc) is 2.96. The number of aromatic nitrogens is 1. The molecule has 33 heavy (non-hydrogen) atoms. The topological polar surface area (TPSA) is 88.5 Å². The third-order valence-corrected chi connectivity index (χ3v) is 8.64. The van der Waals surface area contributed by atoms with Gasteiger partial charge in [-0.25, -0.2) is 12.8 Å². The molecular weight excluding hydrogens is 465 g/mol. The van der Waals surface area contributed by atoms with Gasteiger partial charge in [0.05, 0.1) is 15.1 Å². The van der Waals surface area contributed by atoms with Crippen molar-refractivity contribution < 1.29 is 17.6 Å². The molecule has 0 radical (unpaired) electrons. The second-order valence-corrected chi connectivity index (χ2v) is 11.1. The Morgan fingerprint density at radius 2 is 1.73 bits per heavy atom. The number of sulfonamides is 1. The fraction of sp³-hybridized carbons (Fsp3) is 0.391. The number of benzene rings is 2. The van der Waals surface area contributed by atoms with E-state index in [1.807, 2.05) is 0 Å². The van der Waals surface area contributed by atoms with Crippen molar-refractivity contribution in [1.29, 1.82) is 0 Å². The van der Waals surface area contributed by atoms with Crippen LogP contribution in [0.3, 0.4) is 0 Å². The summed E-state index contributed by atoms with van der Waals surface area (Å²) in [6, 6.07) is 10.6. The van der Waals surface area contributed by atoms with Gasteiger partial charge in [-0.1, -0.05) is 36.3 Å². The molecule has 0 unspecified atom stereocenters. The van der Waals surface area contributed by atoms with Gasteiger partial charge in [0, 0.05) is 32.6 Å². The van der Waals surface area contributed by atoms with E-state index in [2.05, 4.69) is 5.32 Å². The number of hydrogen-bond donors (Lipinski definition) is 1. The maximum Gasteiger partial charge on any atom is 0.308 e. The van der Waals surface area contributed by atoms with Crippen molar-refractivity contribution in [3.05, 3.63) is 63.5 Å². The van der Waals surface area contributed by atoms with Gasteiger partial charge in [0.15, 0.2) is 0 Å². The number of halogens is 1. The molecule has 0 aliphatic carbocycles. The second kappa shape index (κ2) is 10.1. The molecule has 3 aromatic rings. The molecule has 4 rings (SSSR count). The number of rotatable bonds is 7. The third kappa shape index (κ3) is 5.51. The average molecular weight is 492 g/mol. The fourth-order valence-corrected chi connectivity index (χ4v) is 6.53. The molecule has 1 saturated heterocycles. The summed E-state index contributed by atoms with van der Waals surface area (Å²) in [4.78, 5) is 24.7. The van der Waals surface area contributed by atoms with E-state index in [-0.39, 0.29) is 41.0 Å². The first-order valence-electron chi connectivity index (χ1n) is 11.0. The summed E-state index contributed by atoms with van der Waals surface area (Å²) in [6.45, 7) is 1.50. The van der Waals surface area contributed by atoms with Crippen LogP contribution < -0.4 is 10.2 Å². The van der Waals surface area contributed by atoms with E-state index in [1.165, 1.54) is 21.0 Å². The molecule has 0 atom stereocenters. The normalized spacial score (nSPS) is 15.4. The van der Waals surface area contributed by atoms with Crippen LogP contribution in [0.2, 0.25) is 0 Å². The third-order valence-electron chi connectivity index (χ3n) is 5.81. The molecular formula is C23H26FN3O4S2. The number of thiazole rings is 1. The first-order chi connectivity index (χ1) is 15.8. The lowest BCUT2D eigenvalue weighted by Gasteiger charge is -2.19. The second-order valence-electron chi connectivity index (χ2n) is 8.12. The zero-order valence-corrected chi connectivity index (χ0v) is 19.8. The van der Waals surface area contributed by atoms with Gasteiger partial charge in [0.1, 0.15) is 5.82 Å². The van der Waals surface area contributed by atoms with Crippen LogP contribution in [0.25, 0.3) is 10.2 Å². The minimum absolute atomic E-state index is 0.0980. The highest BCUT2D eigenvalue weighted by atomic mass is 32.2. The van der Waals surface area contributed by atoms with Gasteiger partial charge in [0.25, 0.3) is 0 Å². The molecule has 7 nitrogen and oxygen atoms in total. The lowest BCUT2D eigenvalue weighted by Crippen LogP contribution is -2.31. The molecule has 176 valence electrons. The summed E-state index contributed by atoms with van der Waals surface area (Å²) < 4.78 is 42.7. The van der Waals surface area contributed by atoms with E-state index in [0.29, 0.717) is 23.3 Å². The van der Waals surface area contributed by atoms with E-state index < -0.39 is 10.0 Å². The molecule has 2 heterocycles. The zero-order chi connectivity index (χ0) is 23.4. The van der Waals surface area contributed by atoms with Crippen LogP contribution in [0, 0.1) is 5.82 Å². The Balaban J connectivity index is 1.44. The van der Waals surface area contributed by atoms with Crippen molar-refractivity contribution in [1.82, 2.24) is 14.2 Å². The number of amides is 1. The summed E-state index contributed by atoms with van der Waals surface area (Å²) in [6.07, 6.45) is 3.88. The first kappa shape index (κ1) is 23.6. The minimum atomic E-state index is -3.60. The summed E-state index contributed by atoms with van der Waals surface area (Å²) in [7, 11) is -3.60. The van der Waals surface area contributed by atoms with Gasteiger partial charge in [-0.05, 0) is 48.7 Å². The monoisotopic (exact) mass is 491 g/mol. The van der Waals surface area contributed by atoms with E-state index in [1.54, 1.807) is 30.3 Å². The molecule has 1 aliphatic heterocycles. The van der Waals surface area contributed by atoms with Crippen LogP contribution in [0.4, 0.5) is 4.39 Å². The maximum absolute atomic E-state index is 13.1. The van der Waals surface area contributed by atoms with Crippen LogP contribution in [-0.4, -0.2) is 36.3 Å². The van der Waals surface area contributed by atoms with Crippen molar-refractivity contribution in [2.24, 2.45) is 0 Å². The maximum atomic E-state index is 13.1. The van der Waals surface area contributed by atoms with Crippen LogP contribution in [0.1, 0.15) is 37.7 Å². The van der Waals surface area contributed by atoms with Crippen LogP contribution in [0.15, 0.2) is 52.2 Å². The Kier molecular flexibility index (Phi) is 7.26. The molecule has 2 aromatic carbocycles. The highest BCUT2D eigenvalue weighted by Gasteiger charge is 2.26. The lowest BCUT2D eigenvalue weighted by atomic mass is 10.2. The predicted molar refractivity (Wildman–Crippen MR) is 126 cm³/mol. The predicted octanol–water partition coefficient (Wildman–Crippen LogP) is 3.47. The molecule has 10 heteroatoms. The smallest absolute Gasteiger partial charge is 0.308 e. The molecule has 0 spiro atoms. The van der Waals surface area contributed by atoms with Gasteiger partial charge in [-0.2, -0.15) is 4.31 Å². The lowest BCUT2D eigenvalue weighted by molar-refractivity contribution is -0.121. The Morgan fingerprint density at radius 3 is 2.42 bits per heavy atom. The van der Waals surface area contributed by atoms with E-state index in [4.69, 9.17) is 0 Å².